The Morgan fingerprint density at radius 3 is 1.18 bits per heavy atom. The predicted molar refractivity (Wildman–Crippen MR) is 179 cm³/mol. The minimum absolute atomic E-state index is 0.0166. The molecule has 16 heteroatoms. The molecule has 0 saturated heterocycles. The summed E-state index contributed by atoms with van der Waals surface area (Å²) < 4.78 is 11.7. The Morgan fingerprint density at radius 1 is 0.480 bits per heavy atom. The van der Waals surface area contributed by atoms with Gasteiger partial charge in [-0.05, 0) is 36.4 Å². The first-order valence-electron chi connectivity index (χ1n) is 14.6. The number of phenolic OH excluding ortho intramolecular Hbond substituents is 8. The van der Waals surface area contributed by atoms with E-state index in [2.05, 4.69) is 0 Å². The number of likely N-dealkylation sites (N-methyl/N-ethyl adjacent to an activating group) is 2. The average Bonchev–Trinajstić information content (AvgIpc) is 3.05. The second kappa shape index (κ2) is 11.9. The third-order valence-corrected chi connectivity index (χ3v) is 8.16. The molecular formula is C34H28N2O14. The zero-order chi connectivity index (χ0) is 36.3. The minimum atomic E-state index is -1.06. The zero-order valence-electron chi connectivity index (χ0n) is 26.0. The summed E-state index contributed by atoms with van der Waals surface area (Å²) in [7, 11) is 2.97. The van der Waals surface area contributed by atoms with E-state index in [1.54, 1.807) is 0 Å². The van der Waals surface area contributed by atoms with Gasteiger partial charge < -0.3 is 69.7 Å². The topological polar surface area (TPSA) is 269 Å². The molecule has 0 aliphatic carbocycles. The van der Waals surface area contributed by atoms with Gasteiger partial charge in [0.25, 0.3) is 0 Å². The Bertz CT molecular complexity index is 2310. The summed E-state index contributed by atoms with van der Waals surface area (Å²) in [6.45, 7) is -0.0701. The largest absolute Gasteiger partial charge is 0.507 e. The first-order valence-corrected chi connectivity index (χ1v) is 14.6. The molecule has 6 rings (SSSR count). The van der Waals surface area contributed by atoms with E-state index in [1.165, 1.54) is 36.0 Å². The molecule has 6 aromatic rings. The van der Waals surface area contributed by atoms with Crippen molar-refractivity contribution in [1.29, 1.82) is 0 Å². The fourth-order valence-corrected chi connectivity index (χ4v) is 5.61. The fourth-order valence-electron chi connectivity index (χ4n) is 5.61. The molecule has 0 bridgehead atoms. The Labute approximate surface area is 279 Å². The molecule has 0 spiro atoms. The van der Waals surface area contributed by atoms with Gasteiger partial charge in [-0.3, -0.25) is 9.59 Å². The highest BCUT2D eigenvalue weighted by Gasteiger charge is 2.27. The molecule has 0 fully saturated rings. The van der Waals surface area contributed by atoms with Crippen LogP contribution in [0.3, 0.4) is 0 Å². The van der Waals surface area contributed by atoms with E-state index in [-0.39, 0.29) is 46.8 Å². The van der Waals surface area contributed by atoms with Gasteiger partial charge in [-0.15, -0.1) is 0 Å². The number of aromatic hydroxyl groups is 10. The van der Waals surface area contributed by atoms with Crippen LogP contribution in [0.15, 0.2) is 67.0 Å². The summed E-state index contributed by atoms with van der Waals surface area (Å²) in [5.41, 5.74) is -3.08. The smallest absolute Gasteiger partial charge is 0.238 e. The van der Waals surface area contributed by atoms with E-state index in [0.717, 1.165) is 36.4 Å². The van der Waals surface area contributed by atoms with Crippen LogP contribution in [0.25, 0.3) is 44.6 Å². The monoisotopic (exact) mass is 688 g/mol. The molecule has 0 radical (unpaired) electrons. The first-order chi connectivity index (χ1) is 23.6. The van der Waals surface area contributed by atoms with Crippen molar-refractivity contribution in [2.75, 3.05) is 37.0 Å². The Morgan fingerprint density at radius 2 is 0.840 bits per heavy atom. The van der Waals surface area contributed by atoms with Gasteiger partial charge in [0.15, 0.2) is 45.7 Å². The molecular weight excluding hydrogens is 660 g/mol. The lowest BCUT2D eigenvalue weighted by Crippen LogP contribution is -2.31. The summed E-state index contributed by atoms with van der Waals surface area (Å²) >= 11 is 0. The maximum atomic E-state index is 13.2. The summed E-state index contributed by atoms with van der Waals surface area (Å²) in [5, 5.41) is 103. The summed E-state index contributed by atoms with van der Waals surface area (Å²) in [6.07, 6.45) is 0. The maximum Gasteiger partial charge on any atom is 0.238 e. The van der Waals surface area contributed by atoms with E-state index >= 15 is 0 Å². The normalized spacial score (nSPS) is 11.3. The molecule has 2 heterocycles. The van der Waals surface area contributed by atoms with Crippen molar-refractivity contribution in [2.45, 2.75) is 0 Å². The van der Waals surface area contributed by atoms with Gasteiger partial charge in [0.05, 0.1) is 0 Å². The van der Waals surface area contributed by atoms with E-state index in [1.807, 2.05) is 0 Å². The summed E-state index contributed by atoms with van der Waals surface area (Å²) in [5.74, 6) is -7.28. The number of benzene rings is 4. The number of hydrogen-bond donors (Lipinski definition) is 10. The highest BCUT2D eigenvalue weighted by atomic mass is 16.4. The van der Waals surface area contributed by atoms with Crippen molar-refractivity contribution < 1.29 is 59.9 Å². The SMILES string of the molecule is CN(CCN(C)c1c(O)cc(O)c2c(=O)c(O)c(-c3ccc(O)c(O)c3)oc12)c1c(O)cc(O)c2c(=O)c(O)c(-c3ccc(O)c(O)c3)oc12. The van der Waals surface area contributed by atoms with Gasteiger partial charge in [-0.25, -0.2) is 0 Å². The van der Waals surface area contributed by atoms with Gasteiger partial charge >= 0.3 is 0 Å². The average molecular weight is 689 g/mol. The highest BCUT2D eigenvalue weighted by Crippen LogP contribution is 2.45. The van der Waals surface area contributed by atoms with Crippen LogP contribution in [0, 0.1) is 0 Å². The van der Waals surface area contributed by atoms with Crippen LogP contribution >= 0.6 is 0 Å². The number of fused-ring (bicyclic) bond motifs is 2. The molecule has 0 atom stereocenters. The van der Waals surface area contributed by atoms with Crippen LogP contribution in [-0.4, -0.2) is 78.3 Å². The Kier molecular flexibility index (Phi) is 7.78. The van der Waals surface area contributed by atoms with Crippen LogP contribution in [0.2, 0.25) is 0 Å². The van der Waals surface area contributed by atoms with Crippen molar-refractivity contribution in [3.05, 3.63) is 69.0 Å². The number of hydrogen-bond acceptors (Lipinski definition) is 16. The quantitative estimate of drug-likeness (QED) is 0.107. The number of rotatable bonds is 7. The lowest BCUT2D eigenvalue weighted by atomic mass is 10.1. The molecule has 0 aliphatic heterocycles. The first kappa shape index (κ1) is 32.8. The van der Waals surface area contributed by atoms with Crippen LogP contribution in [0.5, 0.6) is 57.5 Å². The molecule has 2 aromatic heterocycles. The summed E-state index contributed by atoms with van der Waals surface area (Å²) in [4.78, 5) is 29.3. The molecule has 0 aliphatic rings. The van der Waals surface area contributed by atoms with E-state index in [9.17, 15) is 60.7 Å². The molecule has 4 aromatic carbocycles. The molecule has 50 heavy (non-hydrogen) atoms. The van der Waals surface area contributed by atoms with E-state index in [4.69, 9.17) is 8.83 Å². The maximum absolute atomic E-state index is 13.2. The molecule has 0 unspecified atom stereocenters. The lowest BCUT2D eigenvalue weighted by molar-refractivity contribution is 0.403. The Hall–Kier alpha value is -7.10. The van der Waals surface area contributed by atoms with Crippen molar-refractivity contribution in [3.8, 4) is 80.1 Å². The number of phenols is 8. The van der Waals surface area contributed by atoms with Crippen molar-refractivity contribution in [1.82, 2.24) is 0 Å². The van der Waals surface area contributed by atoms with E-state index < -0.39 is 90.6 Å². The van der Waals surface area contributed by atoms with Gasteiger partial charge in [-0.1, -0.05) is 0 Å². The van der Waals surface area contributed by atoms with Crippen LogP contribution in [0.4, 0.5) is 11.4 Å². The second-order valence-corrected chi connectivity index (χ2v) is 11.4. The highest BCUT2D eigenvalue weighted by molar-refractivity contribution is 6.00. The standard InChI is InChI=1S/C34H28N2O14/c1-35(25-21(43)11-19(41)23-27(45)29(47)31(49-33(23)25)13-3-5-15(37)17(39)9-13)7-8-36(2)26-22(44)12-20(42)24-28(46)30(48)32(50-34(24)26)14-4-6-16(38)18(40)10-14/h3-6,9-12,37-44,47-48H,7-8H2,1-2H3. The summed E-state index contributed by atoms with van der Waals surface area (Å²) in [6, 6.07) is 8.52. The van der Waals surface area contributed by atoms with Gasteiger partial charge in [0.1, 0.15) is 45.1 Å². The fraction of sp³-hybridized carbons (Fsp3) is 0.118. The van der Waals surface area contributed by atoms with Crippen LogP contribution < -0.4 is 20.7 Å². The predicted octanol–water partition coefficient (Wildman–Crippen LogP) is 3.86. The van der Waals surface area contributed by atoms with Gasteiger partial charge in [-0.2, -0.15) is 0 Å². The van der Waals surface area contributed by atoms with Crippen LogP contribution in [-0.2, 0) is 0 Å². The third-order valence-electron chi connectivity index (χ3n) is 8.16. The van der Waals surface area contributed by atoms with Crippen LogP contribution in [0.1, 0.15) is 0 Å². The number of nitrogens with zero attached hydrogens (tertiary/aromatic N) is 2. The zero-order valence-corrected chi connectivity index (χ0v) is 26.0. The van der Waals surface area contributed by atoms with E-state index in [0.29, 0.717) is 0 Å². The molecule has 0 saturated carbocycles. The lowest BCUT2D eigenvalue weighted by Gasteiger charge is -2.27. The van der Waals surface area contributed by atoms with Crippen molar-refractivity contribution >= 4 is 33.3 Å². The molecule has 10 N–H and O–H groups in total. The minimum Gasteiger partial charge on any atom is -0.507 e. The number of anilines is 2. The van der Waals surface area contributed by atoms with Gasteiger partial charge in [0.2, 0.25) is 22.4 Å². The second-order valence-electron chi connectivity index (χ2n) is 11.4. The molecule has 258 valence electrons. The van der Waals surface area contributed by atoms with Gasteiger partial charge in [0, 0.05) is 50.4 Å². The molecule has 16 nitrogen and oxygen atoms in total. The third kappa shape index (κ3) is 5.20. The van der Waals surface area contributed by atoms with Crippen molar-refractivity contribution in [3.63, 3.8) is 0 Å². The molecule has 0 amide bonds. The van der Waals surface area contributed by atoms with Crippen molar-refractivity contribution in [2.24, 2.45) is 0 Å². The Balaban J connectivity index is 1.42.